The van der Waals surface area contributed by atoms with Crippen molar-refractivity contribution in [2.24, 2.45) is 0 Å². The first-order chi connectivity index (χ1) is 7.80. The average molecular weight is 238 g/mol. The van der Waals surface area contributed by atoms with Gasteiger partial charge in [-0.05, 0) is 24.1 Å². The quantitative estimate of drug-likeness (QED) is 0.783. The summed E-state index contributed by atoms with van der Waals surface area (Å²) in [5, 5.41) is 19.5. The maximum absolute atomic E-state index is 11.3. The Bertz CT molecular complexity index is 423. The summed E-state index contributed by atoms with van der Waals surface area (Å²) in [6.45, 7) is 5.22. The molecule has 1 atom stereocenters. The van der Waals surface area contributed by atoms with Gasteiger partial charge in [0, 0.05) is 5.41 Å². The molecule has 0 amide bonds. The van der Waals surface area contributed by atoms with Gasteiger partial charge in [0.05, 0.1) is 7.11 Å². The topological polar surface area (TPSA) is 66.8 Å². The summed E-state index contributed by atoms with van der Waals surface area (Å²) < 4.78 is 4.52. The van der Waals surface area contributed by atoms with Crippen molar-refractivity contribution < 1.29 is 19.7 Å². The number of carbonyl (C=O) groups is 1. The van der Waals surface area contributed by atoms with Crippen molar-refractivity contribution in [3.8, 4) is 5.75 Å². The van der Waals surface area contributed by atoms with Gasteiger partial charge in [-0.15, -0.1) is 0 Å². The molecule has 1 aromatic rings. The molecule has 0 fully saturated rings. The van der Waals surface area contributed by atoms with Crippen LogP contribution in [0.15, 0.2) is 18.2 Å². The van der Waals surface area contributed by atoms with Crippen molar-refractivity contribution in [1.82, 2.24) is 0 Å². The molecule has 1 aromatic carbocycles. The average Bonchev–Trinajstić information content (AvgIpc) is 2.30. The Morgan fingerprint density at radius 3 is 2.47 bits per heavy atom. The van der Waals surface area contributed by atoms with Crippen LogP contribution in [0.5, 0.6) is 5.75 Å². The fraction of sp³-hybridized carbons (Fsp3) is 0.462. The standard InChI is InChI=1S/C13H18O4/c1-8-5-6-9(7-10(8)14)13(2,3)11(15)12(16)17-4/h5-7,11,14-15H,1-4H3. The lowest BCUT2D eigenvalue weighted by Gasteiger charge is -2.29. The molecule has 4 nitrogen and oxygen atoms in total. The van der Waals surface area contributed by atoms with E-state index in [9.17, 15) is 15.0 Å². The molecule has 0 radical (unpaired) electrons. The van der Waals surface area contributed by atoms with E-state index in [1.54, 1.807) is 39.0 Å². The van der Waals surface area contributed by atoms with Gasteiger partial charge in [0.2, 0.25) is 0 Å². The molecular formula is C13H18O4. The van der Waals surface area contributed by atoms with E-state index in [0.29, 0.717) is 5.56 Å². The molecule has 0 aliphatic heterocycles. The van der Waals surface area contributed by atoms with Crippen molar-refractivity contribution in [2.75, 3.05) is 7.11 Å². The molecule has 0 aliphatic carbocycles. The van der Waals surface area contributed by atoms with Crippen LogP contribution >= 0.6 is 0 Å². The highest BCUT2D eigenvalue weighted by Crippen LogP contribution is 2.31. The van der Waals surface area contributed by atoms with Crippen LogP contribution in [0.1, 0.15) is 25.0 Å². The summed E-state index contributed by atoms with van der Waals surface area (Å²) in [4.78, 5) is 11.3. The lowest BCUT2D eigenvalue weighted by molar-refractivity contribution is -0.153. The first-order valence-electron chi connectivity index (χ1n) is 5.36. The van der Waals surface area contributed by atoms with Crippen LogP contribution < -0.4 is 0 Å². The molecule has 1 rings (SSSR count). The lowest BCUT2D eigenvalue weighted by atomic mass is 9.79. The van der Waals surface area contributed by atoms with Gasteiger partial charge in [-0.25, -0.2) is 4.79 Å². The number of hydrogen-bond donors (Lipinski definition) is 2. The third-order valence-corrected chi connectivity index (χ3v) is 3.06. The third-order valence-electron chi connectivity index (χ3n) is 3.06. The number of esters is 1. The Morgan fingerprint density at radius 2 is 2.00 bits per heavy atom. The number of carbonyl (C=O) groups excluding carboxylic acids is 1. The first kappa shape index (κ1) is 13.5. The van der Waals surface area contributed by atoms with E-state index in [1.807, 2.05) is 0 Å². The maximum atomic E-state index is 11.3. The second kappa shape index (κ2) is 4.75. The zero-order valence-electron chi connectivity index (χ0n) is 10.5. The van der Waals surface area contributed by atoms with Gasteiger partial charge in [0.25, 0.3) is 0 Å². The van der Waals surface area contributed by atoms with Gasteiger partial charge in [-0.1, -0.05) is 26.0 Å². The van der Waals surface area contributed by atoms with Crippen LogP contribution in [0.25, 0.3) is 0 Å². The summed E-state index contributed by atoms with van der Waals surface area (Å²) in [5.41, 5.74) is 0.605. The van der Waals surface area contributed by atoms with Crippen molar-refractivity contribution in [2.45, 2.75) is 32.3 Å². The fourth-order valence-electron chi connectivity index (χ4n) is 1.57. The summed E-state index contributed by atoms with van der Waals surface area (Å²) in [6, 6.07) is 5.08. The number of hydrogen-bond acceptors (Lipinski definition) is 4. The van der Waals surface area contributed by atoms with Crippen LogP contribution in [0.2, 0.25) is 0 Å². The number of aromatic hydroxyl groups is 1. The molecule has 0 saturated carbocycles. The number of phenolic OH excluding ortho intramolecular Hbond substituents is 1. The minimum absolute atomic E-state index is 0.146. The molecule has 0 bridgehead atoms. The van der Waals surface area contributed by atoms with Crippen molar-refractivity contribution in [3.05, 3.63) is 29.3 Å². The molecule has 17 heavy (non-hydrogen) atoms. The Kier molecular flexibility index (Phi) is 3.78. The number of aryl methyl sites for hydroxylation is 1. The molecule has 0 aromatic heterocycles. The zero-order valence-corrected chi connectivity index (χ0v) is 10.5. The second-order valence-corrected chi connectivity index (χ2v) is 4.65. The SMILES string of the molecule is COC(=O)C(O)C(C)(C)c1ccc(C)c(O)c1. The van der Waals surface area contributed by atoms with E-state index in [1.165, 1.54) is 7.11 Å². The van der Waals surface area contributed by atoms with Gasteiger partial charge in [-0.3, -0.25) is 0 Å². The van der Waals surface area contributed by atoms with Crippen molar-refractivity contribution >= 4 is 5.97 Å². The molecular weight excluding hydrogens is 220 g/mol. The molecule has 2 N–H and O–H groups in total. The highest BCUT2D eigenvalue weighted by atomic mass is 16.5. The minimum atomic E-state index is -1.27. The fourth-order valence-corrected chi connectivity index (χ4v) is 1.57. The minimum Gasteiger partial charge on any atom is -0.508 e. The van der Waals surface area contributed by atoms with E-state index in [-0.39, 0.29) is 5.75 Å². The monoisotopic (exact) mass is 238 g/mol. The molecule has 0 aliphatic rings. The summed E-state index contributed by atoms with van der Waals surface area (Å²) in [7, 11) is 1.23. The largest absolute Gasteiger partial charge is 0.508 e. The number of aliphatic hydroxyl groups is 1. The first-order valence-corrected chi connectivity index (χ1v) is 5.36. The number of phenols is 1. The molecule has 94 valence electrons. The van der Waals surface area contributed by atoms with Gasteiger partial charge in [-0.2, -0.15) is 0 Å². The van der Waals surface area contributed by atoms with Crippen LogP contribution in [0.4, 0.5) is 0 Å². The Balaban J connectivity index is 3.11. The predicted molar refractivity (Wildman–Crippen MR) is 63.9 cm³/mol. The molecule has 4 heteroatoms. The zero-order chi connectivity index (χ0) is 13.2. The van der Waals surface area contributed by atoms with Gasteiger partial charge >= 0.3 is 5.97 Å². The maximum Gasteiger partial charge on any atom is 0.335 e. The Morgan fingerprint density at radius 1 is 1.41 bits per heavy atom. The van der Waals surface area contributed by atoms with Gasteiger partial charge < -0.3 is 14.9 Å². The van der Waals surface area contributed by atoms with Crippen LogP contribution in [-0.2, 0) is 14.9 Å². The van der Waals surface area contributed by atoms with Crippen molar-refractivity contribution in [1.29, 1.82) is 0 Å². The predicted octanol–water partition coefficient (Wildman–Crippen LogP) is 1.51. The highest BCUT2D eigenvalue weighted by molar-refractivity contribution is 5.76. The Hall–Kier alpha value is -1.55. The molecule has 0 spiro atoms. The summed E-state index contributed by atoms with van der Waals surface area (Å²) in [6.07, 6.45) is -1.27. The Labute approximate surface area is 101 Å². The van der Waals surface area contributed by atoms with Crippen LogP contribution in [0, 0.1) is 6.92 Å². The molecule has 1 unspecified atom stereocenters. The van der Waals surface area contributed by atoms with E-state index in [2.05, 4.69) is 4.74 Å². The number of aliphatic hydroxyl groups excluding tert-OH is 1. The van der Waals surface area contributed by atoms with Gasteiger partial charge in [0.1, 0.15) is 5.75 Å². The molecule has 0 heterocycles. The third kappa shape index (κ3) is 2.58. The van der Waals surface area contributed by atoms with Crippen molar-refractivity contribution in [3.63, 3.8) is 0 Å². The van der Waals surface area contributed by atoms with E-state index < -0.39 is 17.5 Å². The highest BCUT2D eigenvalue weighted by Gasteiger charge is 2.36. The lowest BCUT2D eigenvalue weighted by Crippen LogP contribution is -2.40. The van der Waals surface area contributed by atoms with Crippen LogP contribution in [0.3, 0.4) is 0 Å². The van der Waals surface area contributed by atoms with E-state index in [4.69, 9.17) is 0 Å². The number of ether oxygens (including phenoxy) is 1. The normalized spacial score (nSPS) is 13.2. The number of benzene rings is 1. The van der Waals surface area contributed by atoms with Gasteiger partial charge in [0.15, 0.2) is 6.10 Å². The number of rotatable bonds is 3. The van der Waals surface area contributed by atoms with Crippen LogP contribution in [-0.4, -0.2) is 29.4 Å². The summed E-state index contributed by atoms with van der Waals surface area (Å²) in [5.74, 6) is -0.539. The van der Waals surface area contributed by atoms with E-state index in [0.717, 1.165) is 5.56 Å². The summed E-state index contributed by atoms with van der Waals surface area (Å²) >= 11 is 0. The second-order valence-electron chi connectivity index (χ2n) is 4.65. The molecule has 0 saturated heterocycles. The smallest absolute Gasteiger partial charge is 0.335 e. The number of methoxy groups -OCH3 is 1. The van der Waals surface area contributed by atoms with E-state index >= 15 is 0 Å².